The van der Waals surface area contributed by atoms with Gasteiger partial charge in [-0.15, -0.1) is 0 Å². The monoisotopic (exact) mass is 417 g/mol. The highest BCUT2D eigenvalue weighted by atomic mass is 16.6. The van der Waals surface area contributed by atoms with E-state index in [0.717, 1.165) is 29.2 Å². The number of piperazine rings is 1. The number of aliphatic imine (C=N–C) groups is 1. The van der Waals surface area contributed by atoms with Gasteiger partial charge in [-0.25, -0.2) is 9.79 Å². The molecule has 160 valence electrons. The van der Waals surface area contributed by atoms with E-state index in [4.69, 9.17) is 4.74 Å². The molecule has 6 heteroatoms. The zero-order valence-electron chi connectivity index (χ0n) is 17.6. The summed E-state index contributed by atoms with van der Waals surface area (Å²) in [6.45, 7) is 2.78. The van der Waals surface area contributed by atoms with Crippen LogP contribution in [0, 0.1) is 5.92 Å². The Bertz CT molecular complexity index is 1060. The fourth-order valence-electron chi connectivity index (χ4n) is 4.78. The van der Waals surface area contributed by atoms with E-state index in [-0.39, 0.29) is 5.92 Å². The fraction of sp³-hybridized carbons (Fsp3) is 0.400. The Kier molecular flexibility index (Phi) is 5.45. The fourth-order valence-corrected chi connectivity index (χ4v) is 4.78. The van der Waals surface area contributed by atoms with Gasteiger partial charge in [0.25, 0.3) is 0 Å². The topological polar surface area (TPSA) is 62.2 Å². The van der Waals surface area contributed by atoms with E-state index in [9.17, 15) is 9.59 Å². The van der Waals surface area contributed by atoms with E-state index >= 15 is 0 Å². The van der Waals surface area contributed by atoms with Crippen LogP contribution < -0.4 is 0 Å². The molecule has 1 saturated heterocycles. The first kappa shape index (κ1) is 19.8. The Morgan fingerprint density at radius 2 is 1.71 bits per heavy atom. The SMILES string of the molecule is O=C1OC(c2cccc3ccccc23)=NC1=CN1CCN(C(=O)C2CCCCC2)CC1. The molecule has 0 spiro atoms. The van der Waals surface area contributed by atoms with Crippen molar-refractivity contribution in [2.24, 2.45) is 10.9 Å². The summed E-state index contributed by atoms with van der Waals surface area (Å²) in [4.78, 5) is 33.8. The molecule has 2 fully saturated rings. The highest BCUT2D eigenvalue weighted by molar-refractivity contribution is 6.16. The number of benzene rings is 2. The predicted molar refractivity (Wildman–Crippen MR) is 119 cm³/mol. The van der Waals surface area contributed by atoms with Crippen LogP contribution in [0.4, 0.5) is 0 Å². The van der Waals surface area contributed by atoms with E-state index in [1.807, 2.05) is 47.4 Å². The number of amides is 1. The standard InChI is InChI=1S/C25H27N3O3/c29-24(19-8-2-1-3-9-19)28-15-13-27(14-16-28)17-22-25(30)31-23(26-22)21-12-6-10-18-7-4-5-11-20(18)21/h4-7,10-12,17,19H,1-3,8-9,13-16H2. The molecule has 2 heterocycles. The molecule has 5 rings (SSSR count). The zero-order chi connectivity index (χ0) is 21.2. The molecule has 6 nitrogen and oxygen atoms in total. The van der Waals surface area contributed by atoms with Crippen molar-refractivity contribution in [3.05, 3.63) is 59.9 Å². The van der Waals surface area contributed by atoms with E-state index in [2.05, 4.69) is 9.89 Å². The third-order valence-corrected chi connectivity index (χ3v) is 6.53. The molecule has 0 atom stereocenters. The van der Waals surface area contributed by atoms with Gasteiger partial charge in [-0.2, -0.15) is 0 Å². The minimum Gasteiger partial charge on any atom is -0.402 e. The summed E-state index contributed by atoms with van der Waals surface area (Å²) in [6, 6.07) is 13.9. The average molecular weight is 418 g/mol. The van der Waals surface area contributed by atoms with Gasteiger partial charge in [-0.05, 0) is 29.7 Å². The largest absolute Gasteiger partial charge is 0.402 e. The molecule has 3 aliphatic rings. The van der Waals surface area contributed by atoms with E-state index in [1.165, 1.54) is 19.3 Å². The number of hydrogen-bond donors (Lipinski definition) is 0. The molecule has 0 bridgehead atoms. The molecule has 31 heavy (non-hydrogen) atoms. The van der Waals surface area contributed by atoms with E-state index in [0.29, 0.717) is 43.7 Å². The lowest BCUT2D eigenvalue weighted by atomic mass is 9.88. The van der Waals surface area contributed by atoms with Gasteiger partial charge in [-0.3, -0.25) is 4.79 Å². The summed E-state index contributed by atoms with van der Waals surface area (Å²) in [6.07, 6.45) is 7.43. The molecule has 2 aliphatic heterocycles. The summed E-state index contributed by atoms with van der Waals surface area (Å²) < 4.78 is 5.50. The van der Waals surface area contributed by atoms with Crippen molar-refractivity contribution >= 4 is 28.5 Å². The lowest BCUT2D eigenvalue weighted by Crippen LogP contribution is -2.49. The number of nitrogens with zero attached hydrogens (tertiary/aromatic N) is 3. The third-order valence-electron chi connectivity index (χ3n) is 6.53. The Balaban J connectivity index is 1.27. The van der Waals surface area contributed by atoms with Crippen LogP contribution in [0.25, 0.3) is 10.8 Å². The van der Waals surface area contributed by atoms with Crippen LogP contribution in [0.5, 0.6) is 0 Å². The summed E-state index contributed by atoms with van der Waals surface area (Å²) >= 11 is 0. The second-order valence-electron chi connectivity index (χ2n) is 8.54. The van der Waals surface area contributed by atoms with Gasteiger partial charge in [0.1, 0.15) is 0 Å². The second-order valence-corrected chi connectivity index (χ2v) is 8.54. The molecule has 0 radical (unpaired) electrons. The van der Waals surface area contributed by atoms with Crippen molar-refractivity contribution in [1.82, 2.24) is 9.80 Å². The second kappa shape index (κ2) is 8.53. The maximum Gasteiger partial charge on any atom is 0.365 e. The summed E-state index contributed by atoms with van der Waals surface area (Å²) in [5, 5.41) is 2.09. The van der Waals surface area contributed by atoms with Gasteiger partial charge >= 0.3 is 5.97 Å². The molecule has 0 N–H and O–H groups in total. The van der Waals surface area contributed by atoms with Crippen LogP contribution >= 0.6 is 0 Å². The van der Waals surface area contributed by atoms with Crippen LogP contribution in [-0.4, -0.2) is 53.8 Å². The van der Waals surface area contributed by atoms with Crippen molar-refractivity contribution in [1.29, 1.82) is 0 Å². The number of ether oxygens (including phenoxy) is 1. The lowest BCUT2D eigenvalue weighted by Gasteiger charge is -2.36. The number of carbonyl (C=O) groups is 2. The highest BCUT2D eigenvalue weighted by Crippen LogP contribution is 2.27. The number of hydrogen-bond acceptors (Lipinski definition) is 5. The van der Waals surface area contributed by atoms with Crippen molar-refractivity contribution in [3.8, 4) is 0 Å². The normalized spacial score (nSPS) is 21.5. The van der Waals surface area contributed by atoms with Gasteiger partial charge in [0.15, 0.2) is 5.70 Å². The van der Waals surface area contributed by atoms with E-state index < -0.39 is 5.97 Å². The number of fused-ring (bicyclic) bond motifs is 1. The van der Waals surface area contributed by atoms with Crippen LogP contribution in [0.15, 0.2) is 59.4 Å². The Morgan fingerprint density at radius 3 is 2.52 bits per heavy atom. The number of carbonyl (C=O) groups excluding carboxylic acids is 2. The van der Waals surface area contributed by atoms with Gasteiger partial charge < -0.3 is 14.5 Å². The minimum absolute atomic E-state index is 0.205. The molecule has 1 amide bonds. The highest BCUT2D eigenvalue weighted by Gasteiger charge is 2.30. The van der Waals surface area contributed by atoms with Crippen molar-refractivity contribution < 1.29 is 14.3 Å². The smallest absolute Gasteiger partial charge is 0.365 e. The predicted octanol–water partition coefficient (Wildman–Crippen LogP) is 3.71. The third kappa shape index (κ3) is 4.07. The minimum atomic E-state index is -0.427. The maximum atomic E-state index is 12.8. The Morgan fingerprint density at radius 1 is 0.968 bits per heavy atom. The molecular weight excluding hydrogens is 390 g/mol. The van der Waals surface area contributed by atoms with Gasteiger partial charge in [0.2, 0.25) is 11.8 Å². The van der Waals surface area contributed by atoms with Gasteiger partial charge in [0.05, 0.1) is 0 Å². The molecule has 1 saturated carbocycles. The molecule has 1 aliphatic carbocycles. The van der Waals surface area contributed by atoms with Crippen LogP contribution in [0.2, 0.25) is 0 Å². The molecular formula is C25H27N3O3. The number of esters is 1. The quantitative estimate of drug-likeness (QED) is 0.564. The maximum absolute atomic E-state index is 12.8. The van der Waals surface area contributed by atoms with Crippen molar-refractivity contribution in [3.63, 3.8) is 0 Å². The summed E-state index contributed by atoms with van der Waals surface area (Å²) in [7, 11) is 0. The molecule has 0 unspecified atom stereocenters. The number of cyclic esters (lactones) is 1. The first-order chi connectivity index (χ1) is 15.2. The first-order valence-electron chi connectivity index (χ1n) is 11.2. The molecule has 2 aromatic rings. The van der Waals surface area contributed by atoms with Gasteiger partial charge in [0, 0.05) is 43.9 Å². The van der Waals surface area contributed by atoms with Crippen molar-refractivity contribution in [2.75, 3.05) is 26.2 Å². The Hall–Kier alpha value is -3.15. The summed E-state index contributed by atoms with van der Waals surface area (Å²) in [5.41, 5.74) is 1.13. The average Bonchev–Trinajstić information content (AvgIpc) is 3.19. The van der Waals surface area contributed by atoms with Crippen LogP contribution in [-0.2, 0) is 14.3 Å². The summed E-state index contributed by atoms with van der Waals surface area (Å²) in [5.74, 6) is 0.433. The lowest BCUT2D eigenvalue weighted by molar-refractivity contribution is -0.138. The molecule has 2 aromatic carbocycles. The Labute approximate surface area is 182 Å². The zero-order valence-corrected chi connectivity index (χ0v) is 17.6. The number of rotatable bonds is 3. The van der Waals surface area contributed by atoms with Crippen LogP contribution in [0.1, 0.15) is 37.7 Å². The first-order valence-corrected chi connectivity index (χ1v) is 11.2. The molecule has 0 aromatic heterocycles. The van der Waals surface area contributed by atoms with Crippen LogP contribution in [0.3, 0.4) is 0 Å². The van der Waals surface area contributed by atoms with Crippen molar-refractivity contribution in [2.45, 2.75) is 32.1 Å². The van der Waals surface area contributed by atoms with E-state index in [1.54, 1.807) is 6.20 Å². The van der Waals surface area contributed by atoms with Gasteiger partial charge in [-0.1, -0.05) is 55.7 Å².